The average molecular weight is 309 g/mol. The molecule has 0 fully saturated rings. The van der Waals surface area contributed by atoms with E-state index < -0.39 is 6.10 Å². The summed E-state index contributed by atoms with van der Waals surface area (Å²) in [5.41, 5.74) is 6.35. The van der Waals surface area contributed by atoms with E-state index in [-0.39, 0.29) is 5.91 Å². The average Bonchev–Trinajstić information content (AvgIpc) is 2.45. The number of thiocarbonyl (C=S) groups is 1. The van der Waals surface area contributed by atoms with Crippen LogP contribution in [-0.2, 0) is 4.79 Å². The molecule has 0 aliphatic carbocycles. The van der Waals surface area contributed by atoms with Crippen molar-refractivity contribution >= 4 is 23.2 Å². The van der Waals surface area contributed by atoms with E-state index in [0.29, 0.717) is 23.3 Å². The molecule has 3 N–H and O–H groups in total. The minimum Gasteiger partial charge on any atom is -0.481 e. The molecule has 1 rings (SSSR count). The van der Waals surface area contributed by atoms with Gasteiger partial charge in [-0.3, -0.25) is 15.6 Å². The van der Waals surface area contributed by atoms with Crippen LogP contribution < -0.4 is 20.9 Å². The predicted molar refractivity (Wildman–Crippen MR) is 88.2 cm³/mol. The summed E-state index contributed by atoms with van der Waals surface area (Å²) in [6.45, 7) is 8.55. The largest absolute Gasteiger partial charge is 0.481 e. The Kier molecular flexibility index (Phi) is 6.94. The summed E-state index contributed by atoms with van der Waals surface area (Å²) >= 11 is 4.95. The van der Waals surface area contributed by atoms with Crippen LogP contribution >= 0.6 is 12.2 Å². The third kappa shape index (κ3) is 5.99. The van der Waals surface area contributed by atoms with Gasteiger partial charge in [0.15, 0.2) is 11.2 Å². The molecule has 21 heavy (non-hydrogen) atoms. The third-order valence-corrected chi connectivity index (χ3v) is 3.11. The molecule has 6 heteroatoms. The van der Waals surface area contributed by atoms with E-state index in [9.17, 15) is 4.79 Å². The van der Waals surface area contributed by atoms with E-state index in [2.05, 4.69) is 30.0 Å². The van der Waals surface area contributed by atoms with Crippen molar-refractivity contribution in [3.05, 3.63) is 29.8 Å². The van der Waals surface area contributed by atoms with Gasteiger partial charge in [0.05, 0.1) is 0 Å². The van der Waals surface area contributed by atoms with Crippen molar-refractivity contribution in [1.82, 2.24) is 16.2 Å². The van der Waals surface area contributed by atoms with E-state index in [1.54, 1.807) is 6.92 Å². The van der Waals surface area contributed by atoms with Crippen molar-refractivity contribution in [2.24, 2.45) is 0 Å². The number of benzene rings is 1. The van der Waals surface area contributed by atoms with E-state index >= 15 is 0 Å². The number of rotatable bonds is 5. The van der Waals surface area contributed by atoms with Crippen molar-refractivity contribution in [3.63, 3.8) is 0 Å². The van der Waals surface area contributed by atoms with Gasteiger partial charge in [-0.15, -0.1) is 0 Å². The molecule has 0 spiro atoms. The lowest BCUT2D eigenvalue weighted by Gasteiger charge is -2.16. The first-order valence-corrected chi connectivity index (χ1v) is 7.45. The Hall–Kier alpha value is -1.82. The molecule has 0 saturated carbocycles. The molecule has 0 aliphatic heterocycles. The molecule has 0 aromatic heterocycles. The Bertz CT molecular complexity index is 474. The number of nitrogens with one attached hydrogen (secondary N) is 3. The zero-order valence-electron chi connectivity index (χ0n) is 12.9. The lowest BCUT2D eigenvalue weighted by atomic mass is 10.0. The van der Waals surface area contributed by atoms with Gasteiger partial charge < -0.3 is 10.1 Å². The van der Waals surface area contributed by atoms with Crippen LogP contribution in [0.3, 0.4) is 0 Å². The second-order valence-corrected chi connectivity index (χ2v) is 5.37. The molecule has 116 valence electrons. The SMILES string of the molecule is CCNC(=S)NNC(=O)C(C)Oc1ccc(C(C)C)cc1. The van der Waals surface area contributed by atoms with Crippen molar-refractivity contribution in [2.45, 2.75) is 39.7 Å². The molecule has 1 aromatic rings. The summed E-state index contributed by atoms with van der Waals surface area (Å²) in [6.07, 6.45) is -0.619. The Morgan fingerprint density at radius 2 is 1.81 bits per heavy atom. The predicted octanol–water partition coefficient (Wildman–Crippen LogP) is 2.09. The van der Waals surface area contributed by atoms with Crippen LogP contribution in [0, 0.1) is 0 Å². The molecular weight excluding hydrogens is 286 g/mol. The molecule has 0 bridgehead atoms. The highest BCUT2D eigenvalue weighted by atomic mass is 32.1. The first-order valence-electron chi connectivity index (χ1n) is 7.04. The maximum absolute atomic E-state index is 11.8. The van der Waals surface area contributed by atoms with Crippen LogP contribution in [0.2, 0.25) is 0 Å². The van der Waals surface area contributed by atoms with Gasteiger partial charge in [0.1, 0.15) is 5.75 Å². The lowest BCUT2D eigenvalue weighted by molar-refractivity contribution is -0.127. The minimum absolute atomic E-state index is 0.289. The smallest absolute Gasteiger partial charge is 0.279 e. The topological polar surface area (TPSA) is 62.4 Å². The maximum Gasteiger partial charge on any atom is 0.279 e. The summed E-state index contributed by atoms with van der Waals surface area (Å²) in [5.74, 6) is 0.843. The molecule has 0 saturated heterocycles. The zero-order chi connectivity index (χ0) is 15.8. The van der Waals surface area contributed by atoms with Crippen LogP contribution in [0.5, 0.6) is 5.75 Å². The van der Waals surface area contributed by atoms with Gasteiger partial charge in [-0.05, 0) is 49.7 Å². The molecule has 1 atom stereocenters. The summed E-state index contributed by atoms with van der Waals surface area (Å²) in [5, 5.41) is 3.25. The maximum atomic E-state index is 11.8. The van der Waals surface area contributed by atoms with Crippen molar-refractivity contribution in [3.8, 4) is 5.75 Å². The van der Waals surface area contributed by atoms with Gasteiger partial charge in [0, 0.05) is 6.54 Å². The molecule has 0 aliphatic rings. The molecule has 5 nitrogen and oxygen atoms in total. The standard InChI is InChI=1S/C15H23N3O2S/c1-5-16-15(21)18-17-14(19)11(4)20-13-8-6-12(7-9-13)10(2)3/h6-11H,5H2,1-4H3,(H,17,19)(H2,16,18,21). The fraction of sp³-hybridized carbons (Fsp3) is 0.467. The van der Waals surface area contributed by atoms with Gasteiger partial charge in [0.2, 0.25) is 0 Å². The van der Waals surface area contributed by atoms with Gasteiger partial charge in [-0.2, -0.15) is 0 Å². The number of carbonyl (C=O) groups is 1. The van der Waals surface area contributed by atoms with Gasteiger partial charge >= 0.3 is 0 Å². The van der Waals surface area contributed by atoms with Gasteiger partial charge in [-0.25, -0.2) is 0 Å². The molecule has 0 radical (unpaired) electrons. The lowest BCUT2D eigenvalue weighted by Crippen LogP contribution is -2.50. The highest BCUT2D eigenvalue weighted by Gasteiger charge is 2.14. The van der Waals surface area contributed by atoms with E-state index in [0.717, 1.165) is 0 Å². The molecule has 1 aromatic carbocycles. The minimum atomic E-state index is -0.619. The van der Waals surface area contributed by atoms with Crippen molar-refractivity contribution in [1.29, 1.82) is 0 Å². The number of carbonyl (C=O) groups excluding carboxylic acids is 1. The van der Waals surface area contributed by atoms with Gasteiger partial charge in [0.25, 0.3) is 5.91 Å². The Labute approximate surface area is 131 Å². The second kappa shape index (κ2) is 8.46. The Morgan fingerprint density at radius 1 is 1.19 bits per heavy atom. The number of hydrogen-bond acceptors (Lipinski definition) is 3. The summed E-state index contributed by atoms with van der Waals surface area (Å²) in [7, 11) is 0. The van der Waals surface area contributed by atoms with Crippen molar-refractivity contribution < 1.29 is 9.53 Å². The number of amides is 1. The Morgan fingerprint density at radius 3 is 2.33 bits per heavy atom. The molecule has 0 heterocycles. The van der Waals surface area contributed by atoms with Crippen LogP contribution in [0.1, 0.15) is 39.2 Å². The highest BCUT2D eigenvalue weighted by molar-refractivity contribution is 7.80. The second-order valence-electron chi connectivity index (χ2n) is 4.96. The first kappa shape index (κ1) is 17.2. The molecule has 1 unspecified atom stereocenters. The summed E-state index contributed by atoms with van der Waals surface area (Å²) < 4.78 is 5.59. The summed E-state index contributed by atoms with van der Waals surface area (Å²) in [6, 6.07) is 7.75. The number of hydrazine groups is 1. The highest BCUT2D eigenvalue weighted by Crippen LogP contribution is 2.19. The fourth-order valence-electron chi connectivity index (χ4n) is 1.61. The van der Waals surface area contributed by atoms with Gasteiger partial charge in [-0.1, -0.05) is 26.0 Å². The van der Waals surface area contributed by atoms with Crippen molar-refractivity contribution in [2.75, 3.05) is 6.54 Å². The van der Waals surface area contributed by atoms with E-state index in [1.165, 1.54) is 5.56 Å². The normalized spacial score (nSPS) is 11.7. The summed E-state index contributed by atoms with van der Waals surface area (Å²) in [4.78, 5) is 11.8. The van der Waals surface area contributed by atoms with E-state index in [4.69, 9.17) is 17.0 Å². The first-order chi connectivity index (χ1) is 9.93. The number of hydrogen-bond donors (Lipinski definition) is 3. The monoisotopic (exact) mass is 309 g/mol. The third-order valence-electron chi connectivity index (χ3n) is 2.87. The zero-order valence-corrected chi connectivity index (χ0v) is 13.7. The van der Waals surface area contributed by atoms with Crippen LogP contribution in [-0.4, -0.2) is 23.7 Å². The van der Waals surface area contributed by atoms with Crippen LogP contribution in [0.15, 0.2) is 24.3 Å². The van der Waals surface area contributed by atoms with Crippen LogP contribution in [0.25, 0.3) is 0 Å². The molecule has 1 amide bonds. The van der Waals surface area contributed by atoms with Crippen LogP contribution in [0.4, 0.5) is 0 Å². The van der Waals surface area contributed by atoms with E-state index in [1.807, 2.05) is 31.2 Å². The number of ether oxygens (including phenoxy) is 1. The molecular formula is C15H23N3O2S. The fourth-order valence-corrected chi connectivity index (χ4v) is 1.81. The Balaban J connectivity index is 2.46. The quantitative estimate of drug-likeness (QED) is 0.574.